The molecule has 2 heteroatoms. The molecule has 1 unspecified atom stereocenters. The van der Waals surface area contributed by atoms with Crippen molar-refractivity contribution in [3.05, 3.63) is 11.6 Å². The Kier molecular flexibility index (Phi) is 31.5. The zero-order valence-corrected chi connectivity index (χ0v) is 30.4. The summed E-state index contributed by atoms with van der Waals surface area (Å²) in [4.78, 5) is 11.6. The maximum atomic E-state index is 11.6. The average Bonchev–Trinajstić information content (AvgIpc) is 3.35. The second-order valence-electron chi connectivity index (χ2n) is 14.6. The van der Waals surface area contributed by atoms with Crippen LogP contribution in [-0.4, -0.2) is 12.1 Å². The molecule has 1 rings (SSSR count). The summed E-state index contributed by atoms with van der Waals surface area (Å²) in [6, 6.07) is 0. The van der Waals surface area contributed by atoms with E-state index in [1.807, 2.05) is 13.0 Å². The van der Waals surface area contributed by atoms with Crippen LogP contribution in [0.3, 0.4) is 0 Å². The van der Waals surface area contributed by atoms with E-state index in [-0.39, 0.29) is 12.1 Å². The summed E-state index contributed by atoms with van der Waals surface area (Å²) < 4.78 is 5.17. The number of cyclic esters (lactones) is 1. The van der Waals surface area contributed by atoms with Gasteiger partial charge in [-0.2, -0.15) is 0 Å². The zero-order valence-electron chi connectivity index (χ0n) is 30.4. The second kappa shape index (κ2) is 33.6. The van der Waals surface area contributed by atoms with Crippen LogP contribution in [0.5, 0.6) is 0 Å². The molecule has 0 N–H and O–H groups in total. The van der Waals surface area contributed by atoms with Crippen molar-refractivity contribution in [2.45, 2.75) is 251 Å². The quantitative estimate of drug-likeness (QED) is 0.0517. The Bertz CT molecular complexity index is 623. The van der Waals surface area contributed by atoms with Gasteiger partial charge in [0.1, 0.15) is 6.10 Å². The van der Waals surface area contributed by atoms with E-state index in [0.717, 1.165) is 18.4 Å². The average molecular weight is 617 g/mol. The lowest BCUT2D eigenvalue weighted by Gasteiger charge is -2.05. The Hall–Kier alpha value is -0.790. The highest BCUT2D eigenvalue weighted by Gasteiger charge is 2.21. The lowest BCUT2D eigenvalue weighted by Crippen LogP contribution is -2.03. The summed E-state index contributed by atoms with van der Waals surface area (Å²) in [5.41, 5.74) is 0.906. The van der Waals surface area contributed by atoms with E-state index in [9.17, 15) is 4.79 Å². The van der Waals surface area contributed by atoms with Crippen molar-refractivity contribution < 1.29 is 9.53 Å². The monoisotopic (exact) mass is 617 g/mol. The van der Waals surface area contributed by atoms with Crippen LogP contribution >= 0.6 is 0 Å². The number of esters is 1. The van der Waals surface area contributed by atoms with Gasteiger partial charge in [0.15, 0.2) is 0 Å². The Balaban J connectivity index is 1.62. The van der Waals surface area contributed by atoms with Gasteiger partial charge in [-0.1, -0.05) is 225 Å². The predicted molar refractivity (Wildman–Crippen MR) is 196 cm³/mol. The van der Waals surface area contributed by atoms with E-state index in [2.05, 4.69) is 6.92 Å². The highest BCUT2D eigenvalue weighted by molar-refractivity contribution is 5.90. The fraction of sp³-hybridized carbons (Fsp3) is 0.929. The first-order valence-electron chi connectivity index (χ1n) is 20.7. The number of ether oxygens (including phenoxy) is 1. The van der Waals surface area contributed by atoms with Gasteiger partial charge in [0, 0.05) is 5.57 Å². The number of hydrogen-bond acceptors (Lipinski definition) is 2. The molecule has 1 aliphatic rings. The molecular weight excluding hydrogens is 536 g/mol. The van der Waals surface area contributed by atoms with Crippen molar-refractivity contribution >= 4 is 5.97 Å². The van der Waals surface area contributed by atoms with E-state index in [0.29, 0.717) is 0 Å². The third kappa shape index (κ3) is 28.7. The Morgan fingerprint density at radius 2 is 0.636 bits per heavy atom. The van der Waals surface area contributed by atoms with Crippen LogP contribution in [0.25, 0.3) is 0 Å². The van der Waals surface area contributed by atoms with Crippen molar-refractivity contribution in [2.75, 3.05) is 0 Å². The lowest BCUT2D eigenvalue weighted by atomic mass is 10.0. The molecule has 0 saturated heterocycles. The highest BCUT2D eigenvalue weighted by Crippen LogP contribution is 2.21. The zero-order chi connectivity index (χ0) is 31.6. The van der Waals surface area contributed by atoms with Gasteiger partial charge in [-0.3, -0.25) is 0 Å². The molecule has 0 amide bonds. The van der Waals surface area contributed by atoms with Crippen molar-refractivity contribution in [1.29, 1.82) is 0 Å². The maximum Gasteiger partial charge on any atom is 0.334 e. The number of hydrogen-bond donors (Lipinski definition) is 0. The van der Waals surface area contributed by atoms with Crippen molar-refractivity contribution in [3.63, 3.8) is 0 Å². The minimum absolute atomic E-state index is 0.0134. The minimum atomic E-state index is -0.0846. The van der Waals surface area contributed by atoms with Gasteiger partial charge >= 0.3 is 5.97 Å². The molecule has 0 bridgehead atoms. The summed E-state index contributed by atoms with van der Waals surface area (Å²) in [5.74, 6) is -0.0846. The standard InChI is InChI=1S/C42H80O2/c1-3-4-5-6-7-8-9-10-11-12-13-14-15-16-17-18-19-20-21-22-23-24-25-26-27-28-29-30-31-32-33-34-35-36-37-38-41-39-40(2)44-42(41)43/h39-40H,3-38H2,1-2H3. The molecule has 0 fully saturated rings. The minimum Gasteiger partial charge on any atom is -0.455 e. The largest absolute Gasteiger partial charge is 0.455 e. The summed E-state index contributed by atoms with van der Waals surface area (Å²) in [6.45, 7) is 4.25. The van der Waals surface area contributed by atoms with E-state index in [4.69, 9.17) is 4.74 Å². The Labute approximate surface area is 277 Å². The van der Waals surface area contributed by atoms with E-state index >= 15 is 0 Å². The van der Waals surface area contributed by atoms with Gasteiger partial charge < -0.3 is 4.74 Å². The normalized spacial score (nSPS) is 14.8. The number of unbranched alkanes of at least 4 members (excludes halogenated alkanes) is 34. The van der Waals surface area contributed by atoms with E-state index < -0.39 is 0 Å². The van der Waals surface area contributed by atoms with Crippen LogP contribution in [0.15, 0.2) is 11.6 Å². The summed E-state index contributed by atoms with van der Waals surface area (Å²) >= 11 is 0. The van der Waals surface area contributed by atoms with Crippen molar-refractivity contribution in [1.82, 2.24) is 0 Å². The molecule has 0 aromatic carbocycles. The summed E-state index contributed by atoms with van der Waals surface area (Å²) in [7, 11) is 0. The first kappa shape index (κ1) is 41.2. The second-order valence-corrected chi connectivity index (χ2v) is 14.6. The Morgan fingerprint density at radius 1 is 0.409 bits per heavy atom. The smallest absolute Gasteiger partial charge is 0.334 e. The van der Waals surface area contributed by atoms with Crippen LogP contribution in [0.1, 0.15) is 245 Å². The van der Waals surface area contributed by atoms with Gasteiger partial charge in [-0.05, 0) is 25.8 Å². The fourth-order valence-electron chi connectivity index (χ4n) is 7.04. The van der Waals surface area contributed by atoms with Crippen LogP contribution in [0.2, 0.25) is 0 Å². The van der Waals surface area contributed by atoms with Crippen LogP contribution in [0.4, 0.5) is 0 Å². The molecule has 0 aliphatic carbocycles. The molecule has 0 radical (unpaired) electrons. The first-order chi connectivity index (χ1) is 21.7. The number of carbonyl (C=O) groups excluding carboxylic acids is 1. The topological polar surface area (TPSA) is 26.3 Å². The van der Waals surface area contributed by atoms with Gasteiger partial charge in [-0.25, -0.2) is 4.79 Å². The highest BCUT2D eigenvalue weighted by atomic mass is 16.5. The molecule has 2 nitrogen and oxygen atoms in total. The third-order valence-electron chi connectivity index (χ3n) is 10.0. The molecule has 0 aromatic heterocycles. The Morgan fingerprint density at radius 3 is 0.841 bits per heavy atom. The molecule has 1 aliphatic heterocycles. The predicted octanol–water partition coefficient (Wildman–Crippen LogP) is 14.9. The van der Waals surface area contributed by atoms with Crippen LogP contribution in [-0.2, 0) is 9.53 Å². The molecule has 0 aromatic rings. The number of carbonyl (C=O) groups is 1. The van der Waals surface area contributed by atoms with E-state index in [1.165, 1.54) is 218 Å². The maximum absolute atomic E-state index is 11.6. The molecule has 0 spiro atoms. The fourth-order valence-corrected chi connectivity index (χ4v) is 7.04. The van der Waals surface area contributed by atoms with Crippen molar-refractivity contribution in [2.24, 2.45) is 0 Å². The molecule has 44 heavy (non-hydrogen) atoms. The number of rotatable bonds is 36. The van der Waals surface area contributed by atoms with Gasteiger partial charge in [0.25, 0.3) is 0 Å². The van der Waals surface area contributed by atoms with Crippen LogP contribution in [0, 0.1) is 0 Å². The van der Waals surface area contributed by atoms with Gasteiger partial charge in [0.2, 0.25) is 0 Å². The van der Waals surface area contributed by atoms with E-state index in [1.54, 1.807) is 0 Å². The molecule has 260 valence electrons. The SMILES string of the molecule is CCCCCCCCCCCCCCCCCCCCCCCCCCCCCCCCCCCCCC1=CC(C)OC1=O. The first-order valence-corrected chi connectivity index (χ1v) is 20.7. The molecular formula is C42H80O2. The lowest BCUT2D eigenvalue weighted by molar-refractivity contribution is -0.139. The molecule has 0 saturated carbocycles. The van der Waals surface area contributed by atoms with Gasteiger partial charge in [-0.15, -0.1) is 0 Å². The van der Waals surface area contributed by atoms with Gasteiger partial charge in [0.05, 0.1) is 0 Å². The summed E-state index contributed by atoms with van der Waals surface area (Å²) in [6.07, 6.45) is 53.3. The molecule has 1 atom stereocenters. The van der Waals surface area contributed by atoms with Crippen molar-refractivity contribution in [3.8, 4) is 0 Å². The van der Waals surface area contributed by atoms with Crippen LogP contribution < -0.4 is 0 Å². The molecule has 1 heterocycles. The third-order valence-corrected chi connectivity index (χ3v) is 10.0. The summed E-state index contributed by atoms with van der Waals surface area (Å²) in [5, 5.41) is 0.